The molecule has 1 aliphatic heterocycles. The number of amides is 3. The summed E-state index contributed by atoms with van der Waals surface area (Å²) in [5, 5.41) is 8.03. The number of carbonyl (C=O) groups is 2. The third kappa shape index (κ3) is 2.10. The first-order chi connectivity index (χ1) is 11.6. The van der Waals surface area contributed by atoms with Crippen molar-refractivity contribution in [2.24, 2.45) is 0 Å². The van der Waals surface area contributed by atoms with Crippen LogP contribution < -0.4 is 4.90 Å². The van der Waals surface area contributed by atoms with Gasteiger partial charge in [0.2, 0.25) is 5.95 Å². The normalized spacial score (nSPS) is 18.0. The van der Waals surface area contributed by atoms with Crippen molar-refractivity contribution in [2.75, 3.05) is 11.9 Å². The smallest absolute Gasteiger partial charge is 0.311 e. The van der Waals surface area contributed by atoms with Gasteiger partial charge < -0.3 is 4.90 Å². The van der Waals surface area contributed by atoms with Crippen molar-refractivity contribution in [1.82, 2.24) is 19.5 Å². The van der Waals surface area contributed by atoms with Crippen LogP contribution in [0, 0.1) is 0 Å². The maximum Gasteiger partial charge on any atom is 0.334 e. The fraction of sp³-hybridized carbons (Fsp3) is 0.125. The van der Waals surface area contributed by atoms with Crippen molar-refractivity contribution < 1.29 is 9.59 Å². The molecule has 3 aromatic rings. The topological polar surface area (TPSA) is 70.8 Å². The second-order valence-corrected chi connectivity index (χ2v) is 6.37. The van der Waals surface area contributed by atoms with E-state index >= 15 is 0 Å². The van der Waals surface area contributed by atoms with E-state index in [0.717, 1.165) is 14.9 Å². The molecule has 1 aromatic carbocycles. The predicted octanol–water partition coefficient (Wildman–Crippen LogP) is 2.63. The Morgan fingerprint density at radius 3 is 2.71 bits per heavy atom. The van der Waals surface area contributed by atoms with Gasteiger partial charge in [-0.3, -0.25) is 9.20 Å². The van der Waals surface area contributed by atoms with E-state index in [4.69, 9.17) is 0 Å². The Morgan fingerprint density at radius 1 is 1.08 bits per heavy atom. The van der Waals surface area contributed by atoms with Gasteiger partial charge in [0.05, 0.1) is 0 Å². The summed E-state index contributed by atoms with van der Waals surface area (Å²) < 4.78 is 2.47. The first-order valence-corrected chi connectivity index (χ1v) is 8.03. The summed E-state index contributed by atoms with van der Waals surface area (Å²) in [4.78, 5) is 28.1. The molecule has 8 heteroatoms. The number of urea groups is 1. The van der Waals surface area contributed by atoms with Crippen LogP contribution in [0.25, 0.3) is 5.65 Å². The van der Waals surface area contributed by atoms with Gasteiger partial charge >= 0.3 is 6.03 Å². The van der Waals surface area contributed by atoms with Crippen LogP contribution in [0.15, 0.2) is 53.1 Å². The minimum Gasteiger partial charge on any atom is -0.311 e. The molecule has 3 amide bonds. The van der Waals surface area contributed by atoms with Gasteiger partial charge in [0, 0.05) is 17.7 Å². The molecule has 1 fully saturated rings. The summed E-state index contributed by atoms with van der Waals surface area (Å²) in [6.07, 6.45) is 1.72. The van der Waals surface area contributed by atoms with Crippen LogP contribution in [0.5, 0.6) is 0 Å². The SMILES string of the molecule is CN1C(=O)N(c2nnc3ccccn23)C(=O)[C@H]1c1cccc(Br)c1. The van der Waals surface area contributed by atoms with Crippen LogP contribution in [-0.2, 0) is 4.79 Å². The zero-order chi connectivity index (χ0) is 16.8. The molecule has 0 saturated carbocycles. The van der Waals surface area contributed by atoms with E-state index in [1.807, 2.05) is 30.3 Å². The standard InChI is InChI=1S/C16H12BrN5O2/c1-20-13(10-5-4-6-11(17)9-10)14(23)22(16(20)24)15-19-18-12-7-2-3-8-21(12)15/h2-9,13H,1H3/t13-/m1/s1. The maximum atomic E-state index is 12.9. The first kappa shape index (κ1) is 14.8. The largest absolute Gasteiger partial charge is 0.334 e. The number of hydrogen-bond donors (Lipinski definition) is 0. The maximum absolute atomic E-state index is 12.9. The Morgan fingerprint density at radius 2 is 1.92 bits per heavy atom. The van der Waals surface area contributed by atoms with Crippen molar-refractivity contribution >= 4 is 39.5 Å². The van der Waals surface area contributed by atoms with Gasteiger partial charge in [0.1, 0.15) is 6.04 Å². The van der Waals surface area contributed by atoms with Crippen LogP contribution >= 0.6 is 15.9 Å². The number of aromatic nitrogens is 3. The molecule has 0 spiro atoms. The van der Waals surface area contributed by atoms with Gasteiger partial charge in [-0.15, -0.1) is 10.2 Å². The molecular weight excluding hydrogens is 374 g/mol. The van der Waals surface area contributed by atoms with E-state index in [2.05, 4.69) is 26.1 Å². The van der Waals surface area contributed by atoms with Crippen molar-refractivity contribution in [3.63, 3.8) is 0 Å². The summed E-state index contributed by atoms with van der Waals surface area (Å²) in [5.41, 5.74) is 1.31. The summed E-state index contributed by atoms with van der Waals surface area (Å²) in [7, 11) is 1.61. The highest BCUT2D eigenvalue weighted by Crippen LogP contribution is 2.33. The number of benzene rings is 1. The Labute approximate surface area is 145 Å². The van der Waals surface area contributed by atoms with E-state index in [0.29, 0.717) is 5.65 Å². The van der Waals surface area contributed by atoms with Crippen molar-refractivity contribution in [2.45, 2.75) is 6.04 Å². The molecule has 0 bridgehead atoms. The highest BCUT2D eigenvalue weighted by atomic mass is 79.9. The lowest BCUT2D eigenvalue weighted by Gasteiger charge is -2.16. The Balaban J connectivity index is 1.81. The summed E-state index contributed by atoms with van der Waals surface area (Å²) in [5.74, 6) is -0.149. The molecule has 1 atom stereocenters. The molecule has 0 N–H and O–H groups in total. The Bertz CT molecular complexity index is 970. The number of hydrogen-bond acceptors (Lipinski definition) is 4. The fourth-order valence-corrected chi connectivity index (χ4v) is 3.28. The zero-order valence-corrected chi connectivity index (χ0v) is 14.2. The molecule has 0 aliphatic carbocycles. The monoisotopic (exact) mass is 385 g/mol. The number of fused-ring (bicyclic) bond motifs is 1. The minimum absolute atomic E-state index is 0.199. The van der Waals surface area contributed by atoms with Gasteiger partial charge in [-0.25, -0.2) is 4.79 Å². The second-order valence-electron chi connectivity index (χ2n) is 5.45. The second kappa shape index (κ2) is 5.41. The van der Waals surface area contributed by atoms with Gasteiger partial charge in [-0.2, -0.15) is 4.90 Å². The lowest BCUT2D eigenvalue weighted by atomic mass is 10.1. The average molecular weight is 386 g/mol. The molecule has 1 saturated heterocycles. The van der Waals surface area contributed by atoms with E-state index in [9.17, 15) is 9.59 Å². The molecular formula is C16H12BrN5O2. The van der Waals surface area contributed by atoms with Gasteiger partial charge in [0.25, 0.3) is 5.91 Å². The average Bonchev–Trinajstić information content (AvgIpc) is 3.07. The number of anilines is 1. The lowest BCUT2D eigenvalue weighted by molar-refractivity contribution is -0.119. The molecule has 3 heterocycles. The van der Waals surface area contributed by atoms with Crippen molar-refractivity contribution in [3.05, 3.63) is 58.7 Å². The third-order valence-electron chi connectivity index (χ3n) is 3.99. The predicted molar refractivity (Wildman–Crippen MR) is 90.5 cm³/mol. The minimum atomic E-state index is -0.689. The molecule has 0 unspecified atom stereocenters. The quantitative estimate of drug-likeness (QED) is 0.635. The molecule has 24 heavy (non-hydrogen) atoms. The van der Waals surface area contributed by atoms with E-state index in [1.165, 1.54) is 4.90 Å². The summed E-state index contributed by atoms with van der Waals surface area (Å²) >= 11 is 3.40. The first-order valence-electron chi connectivity index (χ1n) is 7.24. The number of nitrogens with zero attached hydrogens (tertiary/aromatic N) is 5. The Hall–Kier alpha value is -2.74. The van der Waals surface area contributed by atoms with Gasteiger partial charge in [0.15, 0.2) is 5.65 Å². The lowest BCUT2D eigenvalue weighted by Crippen LogP contribution is -2.33. The highest BCUT2D eigenvalue weighted by Gasteiger charge is 2.46. The fourth-order valence-electron chi connectivity index (χ4n) is 2.86. The van der Waals surface area contributed by atoms with Crippen LogP contribution in [0.2, 0.25) is 0 Å². The number of likely N-dealkylation sites (N-methyl/N-ethyl adjacent to an activating group) is 1. The van der Waals surface area contributed by atoms with Crippen LogP contribution in [0.1, 0.15) is 11.6 Å². The summed E-state index contributed by atoms with van der Waals surface area (Å²) in [6, 6.07) is 11.6. The summed E-state index contributed by atoms with van der Waals surface area (Å²) in [6.45, 7) is 0. The third-order valence-corrected chi connectivity index (χ3v) is 4.49. The van der Waals surface area contributed by atoms with E-state index < -0.39 is 12.1 Å². The van der Waals surface area contributed by atoms with Crippen molar-refractivity contribution in [3.8, 4) is 0 Å². The zero-order valence-electron chi connectivity index (χ0n) is 12.6. The molecule has 2 aromatic heterocycles. The molecule has 4 rings (SSSR count). The van der Waals surface area contributed by atoms with Crippen LogP contribution in [-0.4, -0.2) is 38.5 Å². The number of pyridine rings is 1. The Kier molecular flexibility index (Phi) is 3.34. The number of imide groups is 1. The van der Waals surface area contributed by atoms with E-state index in [-0.39, 0.29) is 11.9 Å². The molecule has 7 nitrogen and oxygen atoms in total. The van der Waals surface area contributed by atoms with E-state index in [1.54, 1.807) is 29.8 Å². The molecule has 120 valence electrons. The van der Waals surface area contributed by atoms with Crippen LogP contribution in [0.3, 0.4) is 0 Å². The van der Waals surface area contributed by atoms with Crippen molar-refractivity contribution in [1.29, 1.82) is 0 Å². The molecule has 1 aliphatic rings. The van der Waals surface area contributed by atoms with Crippen LogP contribution in [0.4, 0.5) is 10.7 Å². The number of carbonyl (C=O) groups excluding carboxylic acids is 2. The van der Waals surface area contributed by atoms with Gasteiger partial charge in [-0.05, 0) is 29.8 Å². The number of rotatable bonds is 2. The number of halogens is 1. The highest BCUT2D eigenvalue weighted by molar-refractivity contribution is 9.10. The molecule has 0 radical (unpaired) electrons. The van der Waals surface area contributed by atoms with Gasteiger partial charge in [-0.1, -0.05) is 34.1 Å².